The Hall–Kier alpha value is -2.57. The van der Waals surface area contributed by atoms with E-state index in [4.69, 9.17) is 9.47 Å². The second-order valence-corrected chi connectivity index (χ2v) is 8.53. The maximum absolute atomic E-state index is 12.5. The molecule has 0 aliphatic carbocycles. The van der Waals surface area contributed by atoms with Gasteiger partial charge in [-0.3, -0.25) is 9.59 Å². The zero-order chi connectivity index (χ0) is 22.8. The van der Waals surface area contributed by atoms with Crippen LogP contribution in [0.25, 0.3) is 5.57 Å². The topological polar surface area (TPSA) is 64.6 Å². The minimum absolute atomic E-state index is 0.0801. The Morgan fingerprint density at radius 2 is 1.91 bits per heavy atom. The van der Waals surface area contributed by atoms with Crippen molar-refractivity contribution in [2.75, 3.05) is 26.4 Å². The molecule has 0 bridgehead atoms. The highest BCUT2D eigenvalue weighted by molar-refractivity contribution is 7.99. The van der Waals surface area contributed by atoms with Crippen LogP contribution in [-0.4, -0.2) is 38.2 Å². The smallest absolute Gasteiger partial charge is 0.306 e. The number of nitrogens with one attached hydrogen (secondary N) is 1. The number of carbonyl (C=O) groups is 2. The van der Waals surface area contributed by atoms with E-state index in [0.29, 0.717) is 44.8 Å². The van der Waals surface area contributed by atoms with Crippen LogP contribution in [0, 0.1) is 0 Å². The number of ether oxygens (including phenoxy) is 2. The number of hydrogen-bond donors (Lipinski definition) is 1. The van der Waals surface area contributed by atoms with E-state index in [1.165, 1.54) is 5.57 Å². The van der Waals surface area contributed by atoms with Crippen LogP contribution in [0.5, 0.6) is 0 Å². The average molecular weight is 454 g/mol. The van der Waals surface area contributed by atoms with Crippen molar-refractivity contribution >= 4 is 29.2 Å². The summed E-state index contributed by atoms with van der Waals surface area (Å²) in [6, 6.07) is 14.2. The molecule has 1 N–H and O–H groups in total. The first-order chi connectivity index (χ1) is 15.6. The number of benzene rings is 2. The lowest BCUT2D eigenvalue weighted by Gasteiger charge is -2.13. The second kappa shape index (κ2) is 12.5. The van der Waals surface area contributed by atoms with Gasteiger partial charge in [0.2, 0.25) is 0 Å². The SMILES string of the molecule is CCOCCNC(=O)c1ccc2c(c1)CC/C=C(\CCC(=O)OCC)c1ccccc1S2. The molecule has 0 spiro atoms. The Balaban J connectivity index is 1.80. The predicted octanol–water partition coefficient (Wildman–Crippen LogP) is 5.28. The largest absolute Gasteiger partial charge is 0.466 e. The number of esters is 1. The molecule has 0 fully saturated rings. The maximum atomic E-state index is 12.5. The van der Waals surface area contributed by atoms with Gasteiger partial charge in [0, 0.05) is 34.9 Å². The number of aryl methyl sites for hydroxylation is 1. The van der Waals surface area contributed by atoms with E-state index in [1.54, 1.807) is 11.8 Å². The fourth-order valence-corrected chi connectivity index (χ4v) is 4.78. The van der Waals surface area contributed by atoms with E-state index in [0.717, 1.165) is 33.8 Å². The summed E-state index contributed by atoms with van der Waals surface area (Å²) in [6.07, 6.45) is 4.93. The highest BCUT2D eigenvalue weighted by atomic mass is 32.2. The van der Waals surface area contributed by atoms with Crippen LogP contribution in [0.1, 0.15) is 54.6 Å². The first kappa shape index (κ1) is 24.1. The van der Waals surface area contributed by atoms with E-state index in [1.807, 2.05) is 44.2 Å². The summed E-state index contributed by atoms with van der Waals surface area (Å²) >= 11 is 1.71. The maximum Gasteiger partial charge on any atom is 0.306 e. The summed E-state index contributed by atoms with van der Waals surface area (Å²) in [5, 5.41) is 2.91. The molecule has 0 unspecified atom stereocenters. The first-order valence-electron chi connectivity index (χ1n) is 11.2. The van der Waals surface area contributed by atoms with Gasteiger partial charge in [-0.05, 0) is 74.1 Å². The van der Waals surface area contributed by atoms with Crippen molar-refractivity contribution < 1.29 is 19.1 Å². The summed E-state index contributed by atoms with van der Waals surface area (Å²) in [4.78, 5) is 26.8. The molecule has 0 aromatic heterocycles. The van der Waals surface area contributed by atoms with Crippen molar-refractivity contribution in [3.8, 4) is 0 Å². The standard InChI is InChI=1S/C26H31NO4S/c1-3-30-17-16-27-26(29)21-12-14-23-20(18-21)9-7-8-19(13-15-25(28)31-4-2)22-10-5-6-11-24(22)32-23/h5-6,8,10-12,14,18H,3-4,7,9,13,15-17H2,1-2H3,(H,27,29)/b19-8+. The van der Waals surface area contributed by atoms with Crippen molar-refractivity contribution in [1.29, 1.82) is 0 Å². The lowest BCUT2D eigenvalue weighted by Crippen LogP contribution is -2.27. The van der Waals surface area contributed by atoms with Gasteiger partial charge in [0.05, 0.1) is 13.2 Å². The molecule has 1 aliphatic heterocycles. The molecule has 2 aromatic carbocycles. The number of hydrogen-bond acceptors (Lipinski definition) is 5. The number of amides is 1. The van der Waals surface area contributed by atoms with Crippen LogP contribution in [0.2, 0.25) is 0 Å². The van der Waals surface area contributed by atoms with Crippen LogP contribution < -0.4 is 5.32 Å². The Morgan fingerprint density at radius 3 is 2.72 bits per heavy atom. The normalized spacial score (nSPS) is 14.6. The van der Waals surface area contributed by atoms with Crippen molar-refractivity contribution in [1.82, 2.24) is 5.32 Å². The zero-order valence-corrected chi connectivity index (χ0v) is 19.6. The Kier molecular flexibility index (Phi) is 9.38. The molecule has 0 saturated carbocycles. The van der Waals surface area contributed by atoms with Crippen LogP contribution in [-0.2, 0) is 20.7 Å². The highest BCUT2D eigenvalue weighted by Crippen LogP contribution is 2.39. The first-order valence-corrected chi connectivity index (χ1v) is 12.0. The van der Waals surface area contributed by atoms with Gasteiger partial charge in [-0.1, -0.05) is 36.0 Å². The lowest BCUT2D eigenvalue weighted by atomic mass is 9.98. The molecule has 3 rings (SSSR count). The number of fused-ring (bicyclic) bond motifs is 2. The predicted molar refractivity (Wildman–Crippen MR) is 128 cm³/mol. The molecule has 0 saturated heterocycles. The van der Waals surface area contributed by atoms with Crippen molar-refractivity contribution in [3.05, 3.63) is 65.2 Å². The summed E-state index contributed by atoms with van der Waals surface area (Å²) in [5.74, 6) is -0.245. The van der Waals surface area contributed by atoms with Crippen LogP contribution >= 0.6 is 11.8 Å². The quantitative estimate of drug-likeness (QED) is 0.414. The Labute approximate surface area is 194 Å². The van der Waals surface area contributed by atoms with Gasteiger partial charge in [0.1, 0.15) is 0 Å². The third kappa shape index (κ3) is 6.71. The lowest BCUT2D eigenvalue weighted by molar-refractivity contribution is -0.142. The van der Waals surface area contributed by atoms with Crippen LogP contribution in [0.4, 0.5) is 0 Å². The molecular weight excluding hydrogens is 422 g/mol. The Morgan fingerprint density at radius 1 is 1.06 bits per heavy atom. The van der Waals surface area contributed by atoms with E-state index in [-0.39, 0.29) is 11.9 Å². The zero-order valence-electron chi connectivity index (χ0n) is 18.8. The molecule has 1 aliphatic rings. The molecule has 1 heterocycles. The molecule has 1 amide bonds. The van der Waals surface area contributed by atoms with E-state index < -0.39 is 0 Å². The minimum atomic E-state index is -0.165. The third-order valence-electron chi connectivity index (χ3n) is 5.22. The summed E-state index contributed by atoms with van der Waals surface area (Å²) in [6.45, 7) is 5.82. The van der Waals surface area contributed by atoms with Gasteiger partial charge in [-0.2, -0.15) is 0 Å². The van der Waals surface area contributed by atoms with Gasteiger partial charge in [0.15, 0.2) is 0 Å². The molecule has 2 aromatic rings. The van der Waals surface area contributed by atoms with Gasteiger partial charge >= 0.3 is 5.97 Å². The molecule has 0 radical (unpaired) electrons. The third-order valence-corrected chi connectivity index (χ3v) is 6.41. The van der Waals surface area contributed by atoms with Gasteiger partial charge in [-0.25, -0.2) is 0 Å². The summed E-state index contributed by atoms with van der Waals surface area (Å²) in [7, 11) is 0. The fourth-order valence-electron chi connectivity index (χ4n) is 3.66. The van der Waals surface area contributed by atoms with Crippen LogP contribution in [0.3, 0.4) is 0 Å². The minimum Gasteiger partial charge on any atom is -0.466 e. The van der Waals surface area contributed by atoms with Gasteiger partial charge in [0.25, 0.3) is 5.91 Å². The van der Waals surface area contributed by atoms with Gasteiger partial charge < -0.3 is 14.8 Å². The number of allylic oxidation sites excluding steroid dienone is 2. The molecule has 170 valence electrons. The average Bonchev–Trinajstić information content (AvgIpc) is 2.87. The highest BCUT2D eigenvalue weighted by Gasteiger charge is 2.16. The molecule has 0 atom stereocenters. The second-order valence-electron chi connectivity index (χ2n) is 7.45. The molecule has 6 heteroatoms. The Bertz CT molecular complexity index is 970. The molecular formula is C26H31NO4S. The summed E-state index contributed by atoms with van der Waals surface area (Å²) in [5.41, 5.74) is 4.15. The van der Waals surface area contributed by atoms with Crippen molar-refractivity contribution in [3.63, 3.8) is 0 Å². The number of rotatable bonds is 9. The molecule has 5 nitrogen and oxygen atoms in total. The van der Waals surface area contributed by atoms with Crippen molar-refractivity contribution in [2.45, 2.75) is 49.3 Å². The molecule has 32 heavy (non-hydrogen) atoms. The number of carbonyl (C=O) groups excluding carboxylic acids is 2. The van der Waals surface area contributed by atoms with Gasteiger partial charge in [-0.15, -0.1) is 0 Å². The van der Waals surface area contributed by atoms with E-state index >= 15 is 0 Å². The van der Waals surface area contributed by atoms with Crippen LogP contribution in [0.15, 0.2) is 58.3 Å². The van der Waals surface area contributed by atoms with Crippen molar-refractivity contribution in [2.24, 2.45) is 0 Å². The monoisotopic (exact) mass is 453 g/mol. The fraction of sp³-hybridized carbons (Fsp3) is 0.385. The van der Waals surface area contributed by atoms with E-state index in [2.05, 4.69) is 23.5 Å². The summed E-state index contributed by atoms with van der Waals surface area (Å²) < 4.78 is 10.4. The van der Waals surface area contributed by atoms with E-state index in [9.17, 15) is 9.59 Å².